The maximum atomic E-state index is 12.6. The van der Waals surface area contributed by atoms with Gasteiger partial charge in [0.2, 0.25) is 0 Å². The van der Waals surface area contributed by atoms with E-state index in [1.165, 1.54) is 25.7 Å². The zero-order chi connectivity index (χ0) is 17.1. The van der Waals surface area contributed by atoms with Gasteiger partial charge in [-0.3, -0.25) is 4.79 Å². The van der Waals surface area contributed by atoms with E-state index in [9.17, 15) is 9.90 Å². The van der Waals surface area contributed by atoms with Crippen LogP contribution in [0.3, 0.4) is 0 Å². The Morgan fingerprint density at radius 1 is 1.08 bits per heavy atom. The molecule has 4 fully saturated rings. The zero-order valence-corrected chi connectivity index (χ0v) is 15.9. The molecule has 0 saturated heterocycles. The fourth-order valence-corrected chi connectivity index (χ4v) is 7.93. The van der Waals surface area contributed by atoms with Crippen molar-refractivity contribution >= 4 is 5.78 Å². The summed E-state index contributed by atoms with van der Waals surface area (Å²) in [7, 11) is 0. The molecule has 24 heavy (non-hydrogen) atoms. The van der Waals surface area contributed by atoms with Crippen LogP contribution in [-0.2, 0) is 4.79 Å². The molecule has 1 N–H and O–H groups in total. The highest BCUT2D eigenvalue weighted by atomic mass is 16.3. The molecule has 0 radical (unpaired) electrons. The fourth-order valence-electron chi connectivity index (χ4n) is 7.93. The standard InChI is InChI=1S/C22H36O2/c1-4-9-22(24)11-8-16-15(13-22)5-6-18-17(16)7-10-21(3)19(23)12-14(2)20(18)21/h14-18,20,24H,4-13H2,1-3H3/t14-,15-,16+,17-,18-,20+,21-,22-/m1/s1. The minimum atomic E-state index is -0.372. The Balaban J connectivity index is 1.54. The lowest BCUT2D eigenvalue weighted by Crippen LogP contribution is -2.51. The summed E-state index contributed by atoms with van der Waals surface area (Å²) in [5, 5.41) is 10.9. The van der Waals surface area contributed by atoms with Gasteiger partial charge in [-0.1, -0.05) is 27.2 Å². The molecule has 2 heteroatoms. The molecule has 0 aromatic heterocycles. The van der Waals surface area contributed by atoms with Crippen LogP contribution >= 0.6 is 0 Å². The average Bonchev–Trinajstić information content (AvgIpc) is 2.76. The molecule has 0 unspecified atom stereocenters. The maximum Gasteiger partial charge on any atom is 0.139 e. The lowest BCUT2D eigenvalue weighted by Gasteiger charge is -2.56. The van der Waals surface area contributed by atoms with Gasteiger partial charge in [0.25, 0.3) is 0 Å². The Kier molecular flexibility index (Phi) is 4.14. The number of carbonyl (C=O) groups excluding carboxylic acids is 1. The molecule has 2 nitrogen and oxygen atoms in total. The summed E-state index contributed by atoms with van der Waals surface area (Å²) in [4.78, 5) is 12.6. The first-order valence-electron chi connectivity index (χ1n) is 10.6. The van der Waals surface area contributed by atoms with Crippen molar-refractivity contribution in [1.29, 1.82) is 0 Å². The van der Waals surface area contributed by atoms with Crippen molar-refractivity contribution < 1.29 is 9.90 Å². The van der Waals surface area contributed by atoms with Gasteiger partial charge in [0.05, 0.1) is 5.60 Å². The minimum absolute atomic E-state index is 0.00889. The molecular weight excluding hydrogens is 296 g/mol. The maximum absolute atomic E-state index is 12.6. The van der Waals surface area contributed by atoms with Gasteiger partial charge in [0, 0.05) is 11.8 Å². The summed E-state index contributed by atoms with van der Waals surface area (Å²) in [5.74, 6) is 4.97. The summed E-state index contributed by atoms with van der Waals surface area (Å²) in [6.45, 7) is 6.82. The first-order valence-corrected chi connectivity index (χ1v) is 10.6. The molecule has 0 aromatic carbocycles. The van der Waals surface area contributed by atoms with Gasteiger partial charge in [-0.2, -0.15) is 0 Å². The van der Waals surface area contributed by atoms with Crippen molar-refractivity contribution in [2.75, 3.05) is 0 Å². The minimum Gasteiger partial charge on any atom is -0.390 e. The smallest absolute Gasteiger partial charge is 0.139 e. The van der Waals surface area contributed by atoms with E-state index in [0.717, 1.165) is 62.2 Å². The third-order valence-corrected chi connectivity index (χ3v) is 8.83. The van der Waals surface area contributed by atoms with Gasteiger partial charge < -0.3 is 5.11 Å². The van der Waals surface area contributed by atoms with Crippen LogP contribution < -0.4 is 0 Å². The molecule has 0 amide bonds. The molecule has 0 bridgehead atoms. The Labute approximate surface area is 147 Å². The first-order chi connectivity index (χ1) is 11.4. The summed E-state index contributed by atoms with van der Waals surface area (Å²) in [6.07, 6.45) is 11.2. The van der Waals surface area contributed by atoms with Crippen LogP contribution in [0, 0.1) is 40.9 Å². The van der Waals surface area contributed by atoms with Crippen LogP contribution in [0.15, 0.2) is 0 Å². The molecule has 8 atom stereocenters. The lowest BCUT2D eigenvalue weighted by molar-refractivity contribution is -0.136. The van der Waals surface area contributed by atoms with E-state index in [4.69, 9.17) is 0 Å². The summed E-state index contributed by atoms with van der Waals surface area (Å²) in [5.41, 5.74) is -0.381. The van der Waals surface area contributed by atoms with Gasteiger partial charge in [-0.15, -0.1) is 0 Å². The van der Waals surface area contributed by atoms with E-state index in [1.807, 2.05) is 0 Å². The second-order valence-electron chi connectivity index (χ2n) is 10.1. The summed E-state index contributed by atoms with van der Waals surface area (Å²) < 4.78 is 0. The van der Waals surface area contributed by atoms with Crippen LogP contribution in [-0.4, -0.2) is 16.5 Å². The van der Waals surface area contributed by atoms with Gasteiger partial charge >= 0.3 is 0 Å². The second kappa shape index (κ2) is 5.83. The van der Waals surface area contributed by atoms with E-state index in [2.05, 4.69) is 20.8 Å². The van der Waals surface area contributed by atoms with Crippen molar-refractivity contribution in [3.05, 3.63) is 0 Å². The predicted octanol–water partition coefficient (Wildman–Crippen LogP) is 4.99. The van der Waals surface area contributed by atoms with Crippen LogP contribution in [0.2, 0.25) is 0 Å². The van der Waals surface area contributed by atoms with Crippen LogP contribution in [0.4, 0.5) is 0 Å². The molecule has 4 rings (SSSR count). The number of carbonyl (C=O) groups is 1. The number of Topliss-reactive ketones (excluding diaryl/α,β-unsaturated/α-hetero) is 1. The Hall–Kier alpha value is -0.370. The van der Waals surface area contributed by atoms with Crippen LogP contribution in [0.25, 0.3) is 0 Å². The highest BCUT2D eigenvalue weighted by Crippen LogP contribution is 2.63. The third kappa shape index (κ3) is 2.42. The first kappa shape index (κ1) is 17.1. The number of hydrogen-bond donors (Lipinski definition) is 1. The molecular formula is C22H36O2. The zero-order valence-electron chi connectivity index (χ0n) is 15.9. The molecule has 4 saturated carbocycles. The Morgan fingerprint density at radius 2 is 1.83 bits per heavy atom. The van der Waals surface area contributed by atoms with Gasteiger partial charge in [-0.25, -0.2) is 0 Å². The number of ketones is 1. The number of hydrogen-bond acceptors (Lipinski definition) is 2. The molecule has 0 spiro atoms. The van der Waals surface area contributed by atoms with Gasteiger partial charge in [0.15, 0.2) is 0 Å². The topological polar surface area (TPSA) is 37.3 Å². The van der Waals surface area contributed by atoms with E-state index < -0.39 is 0 Å². The number of fused-ring (bicyclic) bond motifs is 5. The largest absolute Gasteiger partial charge is 0.390 e. The Morgan fingerprint density at radius 3 is 2.58 bits per heavy atom. The Bertz CT molecular complexity index is 514. The molecule has 0 aliphatic heterocycles. The molecule has 136 valence electrons. The van der Waals surface area contributed by atoms with Crippen molar-refractivity contribution in [2.24, 2.45) is 40.9 Å². The van der Waals surface area contributed by atoms with Gasteiger partial charge in [-0.05, 0) is 86.9 Å². The predicted molar refractivity (Wildman–Crippen MR) is 96.5 cm³/mol. The summed E-state index contributed by atoms with van der Waals surface area (Å²) in [6, 6.07) is 0. The SMILES string of the molecule is CCC[C@@]1(O)CC[C@H]2[C@H](CC[C@@H]3[C@@H]2CC[C@]2(C)C(=O)C[C@@H](C)[C@@H]32)C1. The van der Waals surface area contributed by atoms with Crippen molar-refractivity contribution in [3.63, 3.8) is 0 Å². The quantitative estimate of drug-likeness (QED) is 0.774. The van der Waals surface area contributed by atoms with Gasteiger partial charge in [0.1, 0.15) is 5.78 Å². The monoisotopic (exact) mass is 332 g/mol. The lowest BCUT2D eigenvalue weighted by atomic mass is 9.49. The van der Waals surface area contributed by atoms with E-state index >= 15 is 0 Å². The number of aliphatic hydroxyl groups is 1. The number of rotatable bonds is 2. The van der Waals surface area contributed by atoms with Crippen LogP contribution in [0.5, 0.6) is 0 Å². The normalized spacial score (nSPS) is 54.1. The highest BCUT2D eigenvalue weighted by molar-refractivity contribution is 5.87. The highest BCUT2D eigenvalue weighted by Gasteiger charge is 2.59. The van der Waals surface area contributed by atoms with Crippen molar-refractivity contribution in [2.45, 2.75) is 90.6 Å². The molecule has 4 aliphatic rings. The summed E-state index contributed by atoms with van der Waals surface area (Å²) >= 11 is 0. The van der Waals surface area contributed by atoms with E-state index in [-0.39, 0.29) is 11.0 Å². The second-order valence-corrected chi connectivity index (χ2v) is 10.1. The molecule has 0 heterocycles. The van der Waals surface area contributed by atoms with Crippen molar-refractivity contribution in [1.82, 2.24) is 0 Å². The molecule has 0 aromatic rings. The third-order valence-electron chi connectivity index (χ3n) is 8.83. The average molecular weight is 333 g/mol. The van der Waals surface area contributed by atoms with E-state index in [1.54, 1.807) is 0 Å². The fraction of sp³-hybridized carbons (Fsp3) is 0.955. The molecule has 4 aliphatic carbocycles. The van der Waals surface area contributed by atoms with Crippen LogP contribution in [0.1, 0.15) is 85.0 Å². The van der Waals surface area contributed by atoms with E-state index in [0.29, 0.717) is 17.6 Å². The van der Waals surface area contributed by atoms with Crippen molar-refractivity contribution in [3.8, 4) is 0 Å².